The second-order valence-electron chi connectivity index (χ2n) is 4.02. The van der Waals surface area contributed by atoms with Gasteiger partial charge in [0.2, 0.25) is 11.8 Å². The van der Waals surface area contributed by atoms with E-state index in [0.717, 1.165) is 0 Å². The van der Waals surface area contributed by atoms with Crippen LogP contribution in [-0.4, -0.2) is 42.0 Å². The molecule has 23 heavy (non-hydrogen) atoms. The molecule has 0 aromatic heterocycles. The van der Waals surface area contributed by atoms with Crippen molar-refractivity contribution in [2.24, 2.45) is 5.11 Å². The number of rotatable bonds is 7. The standard InChI is InChI=1S/C11H13N5O5.C2H4/c1-7(4-5-17)10(14-15-12)13-6-21-11(20)16-8(18)2-3-9(16)19;1-2/h5,10,13H,1-4,6H2;1-2H2. The molecular weight excluding hydrogens is 306 g/mol. The SMILES string of the molecule is C=C.C=C(CC=O)C(N=[N+]=[N-])NCOC(=O)N1C(=O)CCC1=O. The number of likely N-dealkylation sites (tertiary alicyclic amines) is 1. The minimum atomic E-state index is -1.10. The maximum Gasteiger partial charge on any atom is 0.424 e. The number of hydrogen-bond donors (Lipinski definition) is 1. The smallest absolute Gasteiger partial charge is 0.424 e. The van der Waals surface area contributed by atoms with Crippen molar-refractivity contribution in [2.75, 3.05) is 6.73 Å². The molecule has 0 aromatic carbocycles. The summed E-state index contributed by atoms with van der Waals surface area (Å²) in [5.74, 6) is -1.25. The molecule has 1 saturated heterocycles. The van der Waals surface area contributed by atoms with Gasteiger partial charge in [0, 0.05) is 24.2 Å². The Morgan fingerprint density at radius 1 is 1.43 bits per heavy atom. The van der Waals surface area contributed by atoms with Crippen molar-refractivity contribution in [3.63, 3.8) is 0 Å². The number of azide groups is 1. The molecule has 10 nitrogen and oxygen atoms in total. The number of carbonyl (C=O) groups excluding carboxylic acids is 4. The summed E-state index contributed by atoms with van der Waals surface area (Å²) in [7, 11) is 0. The summed E-state index contributed by atoms with van der Waals surface area (Å²) in [4.78, 5) is 47.5. The van der Waals surface area contributed by atoms with Gasteiger partial charge in [-0.1, -0.05) is 11.7 Å². The summed E-state index contributed by atoms with van der Waals surface area (Å²) in [6, 6.07) is 0. The van der Waals surface area contributed by atoms with Crippen LogP contribution in [0.2, 0.25) is 0 Å². The second kappa shape index (κ2) is 10.7. The number of ether oxygens (including phenoxy) is 1. The normalized spacial score (nSPS) is 14.2. The van der Waals surface area contributed by atoms with Gasteiger partial charge in [0.15, 0.2) is 0 Å². The van der Waals surface area contributed by atoms with Crippen molar-refractivity contribution >= 4 is 24.2 Å². The minimum absolute atomic E-state index is 0.0289. The molecule has 1 rings (SSSR count). The topological polar surface area (TPSA) is 142 Å². The first kappa shape index (κ1) is 20.0. The van der Waals surface area contributed by atoms with Crippen LogP contribution in [0.15, 0.2) is 30.4 Å². The Balaban J connectivity index is 0.00000232. The van der Waals surface area contributed by atoms with Crippen molar-refractivity contribution in [3.05, 3.63) is 35.8 Å². The van der Waals surface area contributed by atoms with Crippen LogP contribution in [0, 0.1) is 0 Å². The van der Waals surface area contributed by atoms with E-state index in [-0.39, 0.29) is 24.8 Å². The predicted octanol–water partition coefficient (Wildman–Crippen LogP) is 1.40. The Hall–Kier alpha value is -2.97. The minimum Gasteiger partial charge on any atom is -0.433 e. The third-order valence-electron chi connectivity index (χ3n) is 2.61. The maximum absolute atomic E-state index is 11.5. The zero-order valence-electron chi connectivity index (χ0n) is 12.4. The molecular formula is C13H17N5O5. The number of nitrogens with zero attached hydrogens (tertiary/aromatic N) is 4. The zero-order valence-corrected chi connectivity index (χ0v) is 12.4. The highest BCUT2D eigenvalue weighted by Crippen LogP contribution is 2.13. The molecule has 10 heteroatoms. The van der Waals surface area contributed by atoms with E-state index in [0.29, 0.717) is 11.2 Å². The van der Waals surface area contributed by atoms with E-state index in [1.165, 1.54) is 0 Å². The number of nitrogens with one attached hydrogen (secondary N) is 1. The highest BCUT2D eigenvalue weighted by atomic mass is 16.6. The Bertz CT molecular complexity index is 525. The molecule has 1 aliphatic heterocycles. The Kier molecular flexibility index (Phi) is 9.33. The van der Waals surface area contributed by atoms with Gasteiger partial charge in [-0.2, -0.15) is 4.90 Å². The Labute approximate surface area is 132 Å². The van der Waals surface area contributed by atoms with Crippen LogP contribution in [-0.2, 0) is 19.1 Å². The molecule has 1 unspecified atom stereocenters. The fourth-order valence-corrected chi connectivity index (χ4v) is 1.56. The molecule has 0 saturated carbocycles. The molecule has 0 aromatic rings. The van der Waals surface area contributed by atoms with Gasteiger partial charge < -0.3 is 9.53 Å². The summed E-state index contributed by atoms with van der Waals surface area (Å²) in [5, 5.41) is 5.86. The zero-order chi connectivity index (χ0) is 17.8. The molecule has 0 bridgehead atoms. The van der Waals surface area contributed by atoms with E-state index in [2.05, 4.69) is 35.1 Å². The number of amides is 3. The average molecular weight is 323 g/mol. The third kappa shape index (κ3) is 6.12. The lowest BCUT2D eigenvalue weighted by atomic mass is 10.2. The highest BCUT2D eigenvalue weighted by Gasteiger charge is 2.35. The molecule has 124 valence electrons. The van der Waals surface area contributed by atoms with Gasteiger partial charge in [0.05, 0.1) is 0 Å². The number of carbonyl (C=O) groups is 4. The van der Waals surface area contributed by atoms with Gasteiger partial charge in [-0.25, -0.2) is 4.79 Å². The van der Waals surface area contributed by atoms with Gasteiger partial charge in [0.1, 0.15) is 19.2 Å². The van der Waals surface area contributed by atoms with Crippen molar-refractivity contribution in [1.82, 2.24) is 10.2 Å². The summed E-state index contributed by atoms with van der Waals surface area (Å²) < 4.78 is 4.69. The molecule has 1 aliphatic rings. The van der Waals surface area contributed by atoms with E-state index in [1.54, 1.807) is 0 Å². The van der Waals surface area contributed by atoms with E-state index in [4.69, 9.17) is 10.3 Å². The lowest BCUT2D eigenvalue weighted by Gasteiger charge is -2.16. The third-order valence-corrected chi connectivity index (χ3v) is 2.61. The van der Waals surface area contributed by atoms with Crippen molar-refractivity contribution in [3.8, 4) is 0 Å². The summed E-state index contributed by atoms with van der Waals surface area (Å²) in [6.45, 7) is 9.13. The molecule has 1 heterocycles. The molecule has 1 atom stereocenters. The summed E-state index contributed by atoms with van der Waals surface area (Å²) >= 11 is 0. The fourth-order valence-electron chi connectivity index (χ4n) is 1.56. The van der Waals surface area contributed by atoms with Gasteiger partial charge in [-0.3, -0.25) is 14.9 Å². The second-order valence-corrected chi connectivity index (χ2v) is 4.02. The van der Waals surface area contributed by atoms with E-state index in [9.17, 15) is 19.2 Å². The fraction of sp³-hybridized carbons (Fsp3) is 0.385. The molecule has 0 spiro atoms. The Morgan fingerprint density at radius 2 is 2.00 bits per heavy atom. The van der Waals surface area contributed by atoms with Crippen LogP contribution >= 0.6 is 0 Å². The molecule has 3 amide bonds. The quantitative estimate of drug-likeness (QED) is 0.143. The van der Waals surface area contributed by atoms with Crippen molar-refractivity contribution in [1.29, 1.82) is 0 Å². The Morgan fingerprint density at radius 3 is 2.48 bits per heavy atom. The van der Waals surface area contributed by atoms with Crippen molar-refractivity contribution < 1.29 is 23.9 Å². The largest absolute Gasteiger partial charge is 0.433 e. The number of aldehydes is 1. The van der Waals surface area contributed by atoms with E-state index >= 15 is 0 Å². The van der Waals surface area contributed by atoms with E-state index in [1.807, 2.05) is 0 Å². The van der Waals surface area contributed by atoms with Crippen LogP contribution in [0.3, 0.4) is 0 Å². The number of imide groups is 3. The van der Waals surface area contributed by atoms with Gasteiger partial charge in [0.25, 0.3) is 0 Å². The van der Waals surface area contributed by atoms with Gasteiger partial charge in [-0.05, 0) is 11.1 Å². The first-order valence-electron chi connectivity index (χ1n) is 6.42. The first-order chi connectivity index (χ1) is 11.0. The summed E-state index contributed by atoms with van der Waals surface area (Å²) in [5.41, 5.74) is 8.67. The monoisotopic (exact) mass is 323 g/mol. The average Bonchev–Trinajstić information content (AvgIpc) is 2.87. The van der Waals surface area contributed by atoms with Gasteiger partial charge >= 0.3 is 6.09 Å². The lowest BCUT2D eigenvalue weighted by Crippen LogP contribution is -2.39. The number of hydrogen-bond acceptors (Lipinski definition) is 7. The predicted molar refractivity (Wildman–Crippen MR) is 79.6 cm³/mol. The van der Waals surface area contributed by atoms with Crippen LogP contribution in [0.4, 0.5) is 4.79 Å². The molecule has 1 N–H and O–H groups in total. The van der Waals surface area contributed by atoms with Crippen molar-refractivity contribution in [2.45, 2.75) is 25.4 Å². The van der Waals surface area contributed by atoms with Crippen LogP contribution in [0.25, 0.3) is 10.4 Å². The van der Waals surface area contributed by atoms with E-state index < -0.39 is 30.8 Å². The molecule has 0 aliphatic carbocycles. The van der Waals surface area contributed by atoms with Gasteiger partial charge in [-0.15, -0.1) is 13.2 Å². The maximum atomic E-state index is 11.5. The molecule has 1 fully saturated rings. The molecule has 0 radical (unpaired) electrons. The van der Waals surface area contributed by atoms with Crippen LogP contribution < -0.4 is 5.32 Å². The van der Waals surface area contributed by atoms with Crippen LogP contribution in [0.1, 0.15) is 19.3 Å². The lowest BCUT2D eigenvalue weighted by molar-refractivity contribution is -0.136. The summed E-state index contributed by atoms with van der Waals surface area (Å²) in [6.07, 6.45) is -1.56. The van der Waals surface area contributed by atoms with Crippen LogP contribution in [0.5, 0.6) is 0 Å². The highest BCUT2D eigenvalue weighted by molar-refractivity contribution is 6.13. The first-order valence-corrected chi connectivity index (χ1v) is 6.42.